The van der Waals surface area contributed by atoms with E-state index in [1.54, 1.807) is 31.3 Å². The molecule has 2 aliphatic heterocycles. The number of aromatic carboxylic acids is 1. The molecule has 2 aliphatic rings. The summed E-state index contributed by atoms with van der Waals surface area (Å²) < 4.78 is 14.2. The number of benzene rings is 2. The van der Waals surface area contributed by atoms with Gasteiger partial charge in [0.25, 0.3) is 0 Å². The Kier molecular flexibility index (Phi) is 4.22. The van der Waals surface area contributed by atoms with Gasteiger partial charge in [-0.3, -0.25) is 9.59 Å². The molecule has 2 amide bonds. The van der Waals surface area contributed by atoms with Crippen molar-refractivity contribution in [3.8, 4) is 11.1 Å². The Morgan fingerprint density at radius 1 is 1.23 bits per heavy atom. The summed E-state index contributed by atoms with van der Waals surface area (Å²) in [4.78, 5) is 40.2. The fourth-order valence-electron chi connectivity index (χ4n) is 4.44. The van der Waals surface area contributed by atoms with Crippen LogP contribution in [0.1, 0.15) is 26.5 Å². The Bertz CT molecular complexity index is 1300. The van der Waals surface area contributed by atoms with Gasteiger partial charge in [0.15, 0.2) is 0 Å². The number of likely N-dealkylation sites (N-methyl/N-ethyl adjacent to an activating group) is 1. The molecule has 0 saturated carbocycles. The van der Waals surface area contributed by atoms with Gasteiger partial charge in [0.2, 0.25) is 11.8 Å². The highest BCUT2D eigenvalue weighted by atomic mass is 35.5. The second-order valence-corrected chi connectivity index (χ2v) is 8.94. The van der Waals surface area contributed by atoms with Crippen LogP contribution in [0.25, 0.3) is 11.1 Å². The first-order valence-corrected chi connectivity index (χ1v) is 10.5. The van der Waals surface area contributed by atoms with Gasteiger partial charge in [0, 0.05) is 28.9 Å². The van der Waals surface area contributed by atoms with Crippen LogP contribution in [0.4, 0.5) is 15.8 Å². The minimum atomic E-state index is -1.48. The van der Waals surface area contributed by atoms with Crippen LogP contribution in [0.2, 0.25) is 5.02 Å². The standard InChI is InChI=1S/C22H14ClFN2O4S/c1-26-14-7-6-12(24)8-13(14)22(21(26)30)9-15(27)25-17-16(10-2-4-11(23)5-3-10)18(20(28)29)31-19(17)22/h2-8H,9H2,1H3,(H,25,27)(H,28,29)/t22-/m1/s1. The summed E-state index contributed by atoms with van der Waals surface area (Å²) in [5.74, 6) is -2.57. The normalized spacial score (nSPS) is 19.4. The summed E-state index contributed by atoms with van der Waals surface area (Å²) in [6, 6.07) is 10.5. The Morgan fingerprint density at radius 3 is 2.61 bits per heavy atom. The number of amides is 2. The minimum Gasteiger partial charge on any atom is -0.477 e. The van der Waals surface area contributed by atoms with Gasteiger partial charge in [-0.1, -0.05) is 23.7 Å². The lowest BCUT2D eigenvalue weighted by Gasteiger charge is -2.32. The largest absolute Gasteiger partial charge is 0.477 e. The second-order valence-electron chi connectivity index (χ2n) is 7.48. The van der Waals surface area contributed by atoms with E-state index in [9.17, 15) is 23.9 Å². The van der Waals surface area contributed by atoms with E-state index < -0.39 is 29.0 Å². The van der Waals surface area contributed by atoms with Crippen LogP contribution in [0.5, 0.6) is 0 Å². The van der Waals surface area contributed by atoms with Crippen LogP contribution in [-0.2, 0) is 15.0 Å². The fraction of sp³-hybridized carbons (Fsp3) is 0.136. The van der Waals surface area contributed by atoms with E-state index in [0.29, 0.717) is 32.3 Å². The number of thiophene rings is 1. The third kappa shape index (κ3) is 2.65. The Labute approximate surface area is 184 Å². The molecule has 6 nitrogen and oxygen atoms in total. The number of hydrogen-bond acceptors (Lipinski definition) is 4. The van der Waals surface area contributed by atoms with Crippen molar-refractivity contribution in [3.63, 3.8) is 0 Å². The van der Waals surface area contributed by atoms with E-state index in [1.165, 1.54) is 23.1 Å². The lowest BCUT2D eigenvalue weighted by molar-refractivity contribution is -0.126. The second kappa shape index (κ2) is 6.63. The number of anilines is 2. The summed E-state index contributed by atoms with van der Waals surface area (Å²) in [6.07, 6.45) is -0.237. The van der Waals surface area contributed by atoms with Crippen molar-refractivity contribution in [1.82, 2.24) is 0 Å². The van der Waals surface area contributed by atoms with E-state index in [1.807, 2.05) is 0 Å². The van der Waals surface area contributed by atoms with Crippen molar-refractivity contribution in [2.24, 2.45) is 0 Å². The molecule has 2 N–H and O–H groups in total. The van der Waals surface area contributed by atoms with Gasteiger partial charge >= 0.3 is 5.97 Å². The number of hydrogen-bond donors (Lipinski definition) is 2. The number of nitrogens with zero attached hydrogens (tertiary/aromatic N) is 1. The number of carbonyl (C=O) groups excluding carboxylic acids is 2. The van der Waals surface area contributed by atoms with Gasteiger partial charge in [0.05, 0.1) is 17.0 Å². The van der Waals surface area contributed by atoms with Gasteiger partial charge in [-0.15, -0.1) is 11.3 Å². The summed E-state index contributed by atoms with van der Waals surface area (Å²) in [5.41, 5.74) is 0.470. The third-order valence-corrected chi connectivity index (χ3v) is 7.35. The van der Waals surface area contributed by atoms with E-state index in [2.05, 4.69) is 5.32 Å². The first-order chi connectivity index (χ1) is 14.7. The van der Waals surface area contributed by atoms with E-state index in [4.69, 9.17) is 11.6 Å². The first kappa shape index (κ1) is 19.7. The monoisotopic (exact) mass is 456 g/mol. The number of halogens is 2. The van der Waals surface area contributed by atoms with Gasteiger partial charge < -0.3 is 15.3 Å². The molecule has 0 fully saturated rings. The van der Waals surface area contributed by atoms with Crippen molar-refractivity contribution >= 4 is 52.1 Å². The lowest BCUT2D eigenvalue weighted by atomic mass is 9.74. The number of nitrogens with one attached hydrogen (secondary N) is 1. The van der Waals surface area contributed by atoms with Crippen LogP contribution in [-0.4, -0.2) is 29.9 Å². The van der Waals surface area contributed by atoms with Gasteiger partial charge in [-0.2, -0.15) is 0 Å². The summed E-state index contributed by atoms with van der Waals surface area (Å²) in [7, 11) is 1.56. The van der Waals surface area contributed by atoms with Gasteiger partial charge in [0.1, 0.15) is 16.1 Å². The Hall–Kier alpha value is -3.23. The molecule has 0 radical (unpaired) electrons. The maximum atomic E-state index is 14.2. The maximum Gasteiger partial charge on any atom is 0.346 e. The molecule has 156 valence electrons. The van der Waals surface area contributed by atoms with Gasteiger partial charge in [-0.25, -0.2) is 9.18 Å². The molecule has 31 heavy (non-hydrogen) atoms. The number of carbonyl (C=O) groups is 3. The topological polar surface area (TPSA) is 86.7 Å². The van der Waals surface area contributed by atoms with Crippen molar-refractivity contribution in [1.29, 1.82) is 0 Å². The summed E-state index contributed by atoms with van der Waals surface area (Å²) in [5, 5.41) is 13.1. The molecule has 0 bridgehead atoms. The van der Waals surface area contributed by atoms with Crippen molar-refractivity contribution in [3.05, 3.63) is 68.6 Å². The molecule has 0 unspecified atom stereocenters. The zero-order valence-corrected chi connectivity index (χ0v) is 17.6. The first-order valence-electron chi connectivity index (χ1n) is 9.28. The number of fused-ring (bicyclic) bond motifs is 4. The minimum absolute atomic E-state index is 0.0193. The molecule has 3 aromatic rings. The SMILES string of the molecule is CN1C(=O)[C@]2(CC(=O)Nc3c2sc(C(=O)O)c3-c2ccc(Cl)cc2)c2cc(F)ccc21. The maximum absolute atomic E-state index is 14.2. The molecule has 0 aliphatic carbocycles. The average Bonchev–Trinajstić information content (AvgIpc) is 3.20. The molecule has 1 atom stereocenters. The summed E-state index contributed by atoms with van der Waals surface area (Å²) in [6.45, 7) is 0. The third-order valence-electron chi connectivity index (χ3n) is 5.76. The fourth-order valence-corrected chi connectivity index (χ4v) is 5.88. The molecule has 2 aromatic carbocycles. The lowest BCUT2D eigenvalue weighted by Crippen LogP contribution is -2.45. The Morgan fingerprint density at radius 2 is 1.94 bits per heavy atom. The molecule has 1 spiro atoms. The van der Waals surface area contributed by atoms with Crippen molar-refractivity contribution in [2.45, 2.75) is 11.8 Å². The quantitative estimate of drug-likeness (QED) is 0.594. The molecule has 9 heteroatoms. The zero-order chi connectivity index (χ0) is 22.1. The van der Waals surface area contributed by atoms with E-state index >= 15 is 0 Å². The van der Waals surface area contributed by atoms with Crippen LogP contribution < -0.4 is 10.2 Å². The Balaban J connectivity index is 1.86. The molecule has 0 saturated heterocycles. The van der Waals surface area contributed by atoms with E-state index in [0.717, 1.165) is 11.3 Å². The predicted octanol–water partition coefficient (Wildman–Crippen LogP) is 4.51. The average molecular weight is 457 g/mol. The van der Waals surface area contributed by atoms with Crippen molar-refractivity contribution < 1.29 is 23.9 Å². The molecular weight excluding hydrogens is 443 g/mol. The zero-order valence-electron chi connectivity index (χ0n) is 16.0. The molecule has 3 heterocycles. The van der Waals surface area contributed by atoms with Crippen LogP contribution >= 0.6 is 22.9 Å². The van der Waals surface area contributed by atoms with Crippen LogP contribution in [0, 0.1) is 5.82 Å². The number of carboxylic acid groups (broad SMARTS) is 1. The smallest absolute Gasteiger partial charge is 0.346 e. The highest BCUT2D eigenvalue weighted by molar-refractivity contribution is 7.15. The molecular formula is C22H14ClFN2O4S. The van der Waals surface area contributed by atoms with Gasteiger partial charge in [-0.05, 0) is 35.9 Å². The predicted molar refractivity (Wildman–Crippen MR) is 116 cm³/mol. The van der Waals surface area contributed by atoms with E-state index in [-0.39, 0.29) is 17.0 Å². The summed E-state index contributed by atoms with van der Waals surface area (Å²) >= 11 is 6.90. The number of carboxylic acids is 1. The highest BCUT2D eigenvalue weighted by Crippen LogP contribution is 2.57. The number of rotatable bonds is 2. The van der Waals surface area contributed by atoms with Crippen LogP contribution in [0.3, 0.4) is 0 Å². The molecule has 5 rings (SSSR count). The van der Waals surface area contributed by atoms with Crippen LogP contribution in [0.15, 0.2) is 42.5 Å². The molecule has 1 aromatic heterocycles. The van der Waals surface area contributed by atoms with Crippen molar-refractivity contribution in [2.75, 3.05) is 17.3 Å². The highest BCUT2D eigenvalue weighted by Gasteiger charge is 2.57.